The Morgan fingerprint density at radius 2 is 2.07 bits per heavy atom. The monoisotopic (exact) mass is 195 g/mol. The number of amides is 1. The molecule has 1 amide bonds. The van der Waals surface area contributed by atoms with Crippen molar-refractivity contribution in [1.29, 1.82) is 0 Å². The van der Waals surface area contributed by atoms with Crippen LogP contribution in [0.25, 0.3) is 0 Å². The Morgan fingerprint density at radius 1 is 1.36 bits per heavy atom. The third-order valence-electron chi connectivity index (χ3n) is 4.29. The van der Waals surface area contributed by atoms with Gasteiger partial charge < -0.3 is 5.32 Å². The fraction of sp³-hybridized carbons (Fsp3) is 0.917. The van der Waals surface area contributed by atoms with Crippen LogP contribution >= 0.6 is 0 Å². The maximum Gasteiger partial charge on any atom is 0.223 e. The van der Waals surface area contributed by atoms with Crippen molar-refractivity contribution in [2.24, 2.45) is 16.7 Å². The molecule has 2 fully saturated rings. The molecule has 2 unspecified atom stereocenters. The van der Waals surface area contributed by atoms with Gasteiger partial charge in [-0.15, -0.1) is 0 Å². The number of carbonyl (C=O) groups excluding carboxylic acids is 1. The number of hydrogen-bond acceptors (Lipinski definition) is 1. The van der Waals surface area contributed by atoms with Crippen LogP contribution < -0.4 is 5.32 Å². The van der Waals surface area contributed by atoms with Crippen LogP contribution in [-0.2, 0) is 4.79 Å². The number of carbonyl (C=O) groups is 1. The minimum atomic E-state index is 0.224. The first-order valence-corrected chi connectivity index (χ1v) is 5.73. The van der Waals surface area contributed by atoms with Gasteiger partial charge in [0.2, 0.25) is 5.91 Å². The van der Waals surface area contributed by atoms with Crippen molar-refractivity contribution < 1.29 is 4.79 Å². The summed E-state index contributed by atoms with van der Waals surface area (Å²) in [7, 11) is 0. The van der Waals surface area contributed by atoms with E-state index in [1.165, 1.54) is 25.7 Å². The number of hydrogen-bond donors (Lipinski definition) is 1. The molecule has 1 saturated carbocycles. The van der Waals surface area contributed by atoms with Gasteiger partial charge in [0.15, 0.2) is 0 Å². The molecule has 2 atom stereocenters. The largest absolute Gasteiger partial charge is 0.355 e. The van der Waals surface area contributed by atoms with Gasteiger partial charge in [0, 0.05) is 12.5 Å². The average molecular weight is 195 g/mol. The highest BCUT2D eigenvalue weighted by molar-refractivity contribution is 5.81. The zero-order valence-electron chi connectivity index (χ0n) is 9.52. The zero-order chi connectivity index (χ0) is 10.4. The average Bonchev–Trinajstić information content (AvgIpc) is 2.33. The molecule has 2 aliphatic rings. The van der Waals surface area contributed by atoms with E-state index in [9.17, 15) is 4.79 Å². The molecule has 2 rings (SSSR count). The summed E-state index contributed by atoms with van der Waals surface area (Å²) in [4.78, 5) is 11.5. The molecule has 1 spiro atoms. The van der Waals surface area contributed by atoms with Gasteiger partial charge in [-0.05, 0) is 30.1 Å². The fourth-order valence-corrected chi connectivity index (χ4v) is 3.42. The number of nitrogens with one attached hydrogen (secondary N) is 1. The lowest BCUT2D eigenvalue weighted by Crippen LogP contribution is -2.38. The summed E-state index contributed by atoms with van der Waals surface area (Å²) >= 11 is 0. The van der Waals surface area contributed by atoms with Crippen LogP contribution in [0.5, 0.6) is 0 Å². The fourth-order valence-electron chi connectivity index (χ4n) is 3.42. The molecular weight excluding hydrogens is 174 g/mol. The van der Waals surface area contributed by atoms with E-state index in [1.807, 2.05) is 0 Å². The molecule has 0 aromatic rings. The maximum atomic E-state index is 11.5. The summed E-state index contributed by atoms with van der Waals surface area (Å²) in [6.07, 6.45) is 5.04. The molecular formula is C12H21NO. The predicted molar refractivity (Wildman–Crippen MR) is 56.9 cm³/mol. The van der Waals surface area contributed by atoms with Crippen molar-refractivity contribution in [1.82, 2.24) is 5.32 Å². The molecule has 0 bridgehead atoms. The van der Waals surface area contributed by atoms with E-state index in [1.54, 1.807) is 0 Å². The third kappa shape index (κ3) is 1.45. The van der Waals surface area contributed by atoms with E-state index >= 15 is 0 Å². The Bertz CT molecular complexity index is 259. The molecule has 2 nitrogen and oxygen atoms in total. The third-order valence-corrected chi connectivity index (χ3v) is 4.29. The molecule has 1 aliphatic carbocycles. The van der Waals surface area contributed by atoms with Gasteiger partial charge in [0.25, 0.3) is 0 Å². The van der Waals surface area contributed by atoms with Gasteiger partial charge in [0.05, 0.1) is 0 Å². The molecule has 2 heteroatoms. The lowest BCUT2D eigenvalue weighted by Gasteiger charge is -2.44. The highest BCUT2D eigenvalue weighted by Crippen LogP contribution is 2.51. The highest BCUT2D eigenvalue weighted by Gasteiger charge is 2.49. The van der Waals surface area contributed by atoms with Gasteiger partial charge in [-0.2, -0.15) is 0 Å². The minimum Gasteiger partial charge on any atom is -0.355 e. The molecule has 1 N–H and O–H groups in total. The zero-order valence-corrected chi connectivity index (χ0v) is 9.52. The first-order valence-electron chi connectivity index (χ1n) is 5.73. The Labute approximate surface area is 86.5 Å². The van der Waals surface area contributed by atoms with Crippen molar-refractivity contribution in [3.05, 3.63) is 0 Å². The summed E-state index contributed by atoms with van der Waals surface area (Å²) in [5, 5.41) is 3.03. The molecule has 80 valence electrons. The summed E-state index contributed by atoms with van der Waals surface area (Å²) in [6, 6.07) is 0. The van der Waals surface area contributed by atoms with Gasteiger partial charge in [-0.25, -0.2) is 0 Å². The van der Waals surface area contributed by atoms with E-state index in [4.69, 9.17) is 0 Å². The Morgan fingerprint density at radius 3 is 2.57 bits per heavy atom. The lowest BCUT2D eigenvalue weighted by molar-refractivity contribution is -0.124. The topological polar surface area (TPSA) is 29.1 Å². The normalized spacial score (nSPS) is 41.4. The summed E-state index contributed by atoms with van der Waals surface area (Å²) in [5.41, 5.74) is 0.706. The molecule has 0 aromatic heterocycles. The van der Waals surface area contributed by atoms with Gasteiger partial charge >= 0.3 is 0 Å². The first kappa shape index (κ1) is 10.0. The van der Waals surface area contributed by atoms with Crippen LogP contribution in [0, 0.1) is 16.7 Å². The summed E-state index contributed by atoms with van der Waals surface area (Å²) in [5.74, 6) is 0.491. The first-order chi connectivity index (χ1) is 6.45. The van der Waals surface area contributed by atoms with Crippen LogP contribution in [0.3, 0.4) is 0 Å². The van der Waals surface area contributed by atoms with Crippen molar-refractivity contribution in [3.8, 4) is 0 Å². The number of rotatable bonds is 0. The van der Waals surface area contributed by atoms with E-state index in [2.05, 4.69) is 26.1 Å². The van der Waals surface area contributed by atoms with Crippen molar-refractivity contribution in [2.75, 3.05) is 6.54 Å². The molecule has 0 radical (unpaired) electrons. The van der Waals surface area contributed by atoms with E-state index in [-0.39, 0.29) is 17.2 Å². The van der Waals surface area contributed by atoms with Gasteiger partial charge in [0.1, 0.15) is 0 Å². The molecule has 14 heavy (non-hydrogen) atoms. The van der Waals surface area contributed by atoms with E-state index in [0.717, 1.165) is 6.54 Å². The van der Waals surface area contributed by atoms with Crippen LogP contribution in [0.2, 0.25) is 0 Å². The van der Waals surface area contributed by atoms with E-state index in [0.29, 0.717) is 5.41 Å². The Kier molecular flexibility index (Phi) is 2.13. The van der Waals surface area contributed by atoms with Crippen LogP contribution in [-0.4, -0.2) is 12.5 Å². The quantitative estimate of drug-likeness (QED) is 0.631. The van der Waals surface area contributed by atoms with Crippen LogP contribution in [0.1, 0.15) is 46.5 Å². The van der Waals surface area contributed by atoms with Crippen LogP contribution in [0.15, 0.2) is 0 Å². The molecule has 0 aromatic carbocycles. The standard InChI is InChI=1S/C12H21NO/c1-9-10(14)13-8-12(9)6-4-5-11(2,3)7-12/h9H,4-8H2,1-3H3,(H,13,14). The lowest BCUT2D eigenvalue weighted by atomic mass is 9.60. The smallest absolute Gasteiger partial charge is 0.223 e. The predicted octanol–water partition coefficient (Wildman–Crippen LogP) is 2.34. The maximum absolute atomic E-state index is 11.5. The molecule has 1 aliphatic heterocycles. The second kappa shape index (κ2) is 2.98. The summed E-state index contributed by atoms with van der Waals surface area (Å²) in [6.45, 7) is 7.69. The van der Waals surface area contributed by atoms with Crippen molar-refractivity contribution in [3.63, 3.8) is 0 Å². The highest BCUT2D eigenvalue weighted by atomic mass is 16.2. The SMILES string of the molecule is CC1C(=O)NCC12CCCC(C)(C)C2. The summed E-state index contributed by atoms with van der Waals surface area (Å²) < 4.78 is 0. The minimum absolute atomic E-state index is 0.224. The Hall–Kier alpha value is -0.530. The second-order valence-corrected chi connectivity index (χ2v) is 6.00. The van der Waals surface area contributed by atoms with Gasteiger partial charge in [-0.3, -0.25) is 4.79 Å². The van der Waals surface area contributed by atoms with Crippen molar-refractivity contribution in [2.45, 2.75) is 46.5 Å². The Balaban J connectivity index is 2.20. The molecule has 1 saturated heterocycles. The van der Waals surface area contributed by atoms with Crippen molar-refractivity contribution >= 4 is 5.91 Å². The van der Waals surface area contributed by atoms with Crippen LogP contribution in [0.4, 0.5) is 0 Å². The second-order valence-electron chi connectivity index (χ2n) is 6.00. The van der Waals surface area contributed by atoms with Gasteiger partial charge in [-0.1, -0.05) is 27.2 Å². The molecule has 1 heterocycles. The van der Waals surface area contributed by atoms with E-state index < -0.39 is 0 Å².